The first-order chi connectivity index (χ1) is 10.2. The summed E-state index contributed by atoms with van der Waals surface area (Å²) in [6.07, 6.45) is 0. The van der Waals surface area contributed by atoms with Gasteiger partial charge in [-0.05, 0) is 25.1 Å². The number of halogens is 1. The van der Waals surface area contributed by atoms with Gasteiger partial charge >= 0.3 is 0 Å². The molecule has 1 N–H and O–H groups in total. The van der Waals surface area contributed by atoms with E-state index in [4.69, 9.17) is 15.2 Å². The van der Waals surface area contributed by atoms with Crippen LogP contribution in [-0.2, 0) is 6.61 Å². The Balaban J connectivity index is 2.16. The Bertz CT molecular complexity index is 720. The van der Waals surface area contributed by atoms with E-state index in [1.54, 1.807) is 49.4 Å². The van der Waals surface area contributed by atoms with Gasteiger partial charge in [0.05, 0.1) is 11.3 Å². The zero-order valence-electron chi connectivity index (χ0n) is 11.4. The number of ether oxygens (including phenoxy) is 1. The van der Waals surface area contributed by atoms with E-state index in [0.29, 0.717) is 22.6 Å². The van der Waals surface area contributed by atoms with Gasteiger partial charge in [-0.2, -0.15) is 5.26 Å². The molecule has 2 aromatic carbocycles. The predicted molar refractivity (Wildman–Crippen MR) is 75.9 cm³/mol. The van der Waals surface area contributed by atoms with Gasteiger partial charge in [0, 0.05) is 11.1 Å². The number of hydrogen-bond donors (Lipinski definition) is 1. The highest BCUT2D eigenvalue weighted by atomic mass is 19.1. The van der Waals surface area contributed by atoms with Gasteiger partial charge in [0.15, 0.2) is 0 Å². The molecule has 0 aliphatic heterocycles. The maximum atomic E-state index is 13.9. The van der Waals surface area contributed by atoms with Crippen LogP contribution in [0.5, 0.6) is 5.75 Å². The second kappa shape index (κ2) is 6.53. The summed E-state index contributed by atoms with van der Waals surface area (Å²) in [6.45, 7) is 1.68. The van der Waals surface area contributed by atoms with Crippen molar-refractivity contribution >= 4 is 5.71 Å². The van der Waals surface area contributed by atoms with Crippen LogP contribution in [0.4, 0.5) is 4.39 Å². The Morgan fingerprint density at radius 1 is 1.33 bits per heavy atom. The van der Waals surface area contributed by atoms with Crippen LogP contribution in [0, 0.1) is 17.1 Å². The summed E-state index contributed by atoms with van der Waals surface area (Å²) in [5.74, 6) is -0.0403. The van der Waals surface area contributed by atoms with Gasteiger partial charge in [-0.3, -0.25) is 0 Å². The lowest BCUT2D eigenvalue weighted by Crippen LogP contribution is -2.01. The van der Waals surface area contributed by atoms with Crippen molar-refractivity contribution in [1.29, 1.82) is 5.26 Å². The van der Waals surface area contributed by atoms with E-state index in [0.717, 1.165) is 0 Å². The predicted octanol–water partition coefficient (Wildman–Crippen LogP) is 3.47. The highest BCUT2D eigenvalue weighted by molar-refractivity contribution is 5.98. The molecule has 0 unspecified atom stereocenters. The standard InChI is InChI=1S/C16H13FN2O2/c1-11(19-20)12-4-3-7-15(8-12)21-10-14-6-2-5-13(9-18)16(14)17/h2-8,20H,10H2,1H3/b19-11-. The molecule has 0 bridgehead atoms. The normalized spacial score (nSPS) is 11.0. The fraction of sp³-hybridized carbons (Fsp3) is 0.125. The quantitative estimate of drug-likeness (QED) is 0.531. The van der Waals surface area contributed by atoms with Crippen LogP contribution >= 0.6 is 0 Å². The molecule has 21 heavy (non-hydrogen) atoms. The maximum Gasteiger partial charge on any atom is 0.147 e. The van der Waals surface area contributed by atoms with E-state index in [-0.39, 0.29) is 12.2 Å². The second-order valence-electron chi connectivity index (χ2n) is 4.39. The SMILES string of the molecule is C/C(=N/O)c1cccc(OCc2cccc(C#N)c2F)c1. The molecule has 0 heterocycles. The van der Waals surface area contributed by atoms with Crippen LogP contribution in [0.1, 0.15) is 23.6 Å². The fourth-order valence-electron chi connectivity index (χ4n) is 1.81. The van der Waals surface area contributed by atoms with Crippen LogP contribution in [0.15, 0.2) is 47.6 Å². The molecule has 5 heteroatoms. The first kappa shape index (κ1) is 14.5. The average Bonchev–Trinajstić information content (AvgIpc) is 2.53. The third-order valence-electron chi connectivity index (χ3n) is 3.00. The van der Waals surface area contributed by atoms with Crippen molar-refractivity contribution < 1.29 is 14.3 Å². The number of oxime groups is 1. The summed E-state index contributed by atoms with van der Waals surface area (Å²) in [7, 11) is 0. The minimum atomic E-state index is -0.566. The van der Waals surface area contributed by atoms with Crippen molar-refractivity contribution in [3.8, 4) is 11.8 Å². The molecule has 0 aliphatic rings. The van der Waals surface area contributed by atoms with Gasteiger partial charge in [-0.15, -0.1) is 0 Å². The van der Waals surface area contributed by atoms with E-state index in [2.05, 4.69) is 5.16 Å². The summed E-state index contributed by atoms with van der Waals surface area (Å²) in [6, 6.07) is 13.3. The Morgan fingerprint density at radius 2 is 2.10 bits per heavy atom. The van der Waals surface area contributed by atoms with Crippen LogP contribution in [0.25, 0.3) is 0 Å². The van der Waals surface area contributed by atoms with Gasteiger partial charge in [0.1, 0.15) is 24.2 Å². The Kier molecular flexibility index (Phi) is 4.52. The first-order valence-electron chi connectivity index (χ1n) is 6.25. The molecule has 0 atom stereocenters. The Morgan fingerprint density at radius 3 is 2.81 bits per heavy atom. The van der Waals surface area contributed by atoms with Gasteiger partial charge < -0.3 is 9.94 Å². The first-order valence-corrected chi connectivity index (χ1v) is 6.25. The molecule has 4 nitrogen and oxygen atoms in total. The third-order valence-corrected chi connectivity index (χ3v) is 3.00. The maximum absolute atomic E-state index is 13.9. The zero-order chi connectivity index (χ0) is 15.2. The highest BCUT2D eigenvalue weighted by Crippen LogP contribution is 2.18. The average molecular weight is 284 g/mol. The van der Waals surface area contributed by atoms with Crippen LogP contribution < -0.4 is 4.74 Å². The van der Waals surface area contributed by atoms with Crippen molar-refractivity contribution in [3.63, 3.8) is 0 Å². The van der Waals surface area contributed by atoms with Crippen molar-refractivity contribution in [3.05, 3.63) is 65.0 Å². The smallest absolute Gasteiger partial charge is 0.147 e. The lowest BCUT2D eigenvalue weighted by Gasteiger charge is -2.09. The Hall–Kier alpha value is -2.87. The molecule has 2 aromatic rings. The molecule has 0 amide bonds. The topological polar surface area (TPSA) is 65.6 Å². The van der Waals surface area contributed by atoms with Crippen molar-refractivity contribution in [2.24, 2.45) is 5.16 Å². The van der Waals surface area contributed by atoms with Crippen LogP contribution in [0.2, 0.25) is 0 Å². The molecule has 0 saturated heterocycles. The van der Waals surface area contributed by atoms with Gasteiger partial charge in [-0.1, -0.05) is 29.4 Å². The molecule has 0 fully saturated rings. The highest BCUT2D eigenvalue weighted by Gasteiger charge is 2.08. The van der Waals surface area contributed by atoms with Crippen molar-refractivity contribution in [1.82, 2.24) is 0 Å². The number of nitrogens with zero attached hydrogens (tertiary/aromatic N) is 2. The fourth-order valence-corrected chi connectivity index (χ4v) is 1.81. The molecule has 2 rings (SSSR count). The summed E-state index contributed by atoms with van der Waals surface area (Å²) in [4.78, 5) is 0. The van der Waals surface area contributed by atoms with E-state index in [1.165, 1.54) is 6.07 Å². The monoisotopic (exact) mass is 284 g/mol. The molecule has 106 valence electrons. The molecular formula is C16H13FN2O2. The zero-order valence-corrected chi connectivity index (χ0v) is 11.4. The van der Waals surface area contributed by atoms with Crippen LogP contribution in [0.3, 0.4) is 0 Å². The molecule has 0 saturated carbocycles. The molecule has 0 spiro atoms. The van der Waals surface area contributed by atoms with Gasteiger partial charge in [0.2, 0.25) is 0 Å². The third kappa shape index (κ3) is 3.37. The summed E-state index contributed by atoms with van der Waals surface area (Å²) in [5, 5.41) is 20.7. The largest absolute Gasteiger partial charge is 0.489 e. The number of nitriles is 1. The second-order valence-corrected chi connectivity index (χ2v) is 4.39. The van der Waals surface area contributed by atoms with Gasteiger partial charge in [0.25, 0.3) is 0 Å². The van der Waals surface area contributed by atoms with E-state index < -0.39 is 5.82 Å². The Labute approximate surface area is 121 Å². The van der Waals surface area contributed by atoms with Crippen molar-refractivity contribution in [2.75, 3.05) is 0 Å². The van der Waals surface area contributed by atoms with Crippen molar-refractivity contribution in [2.45, 2.75) is 13.5 Å². The number of rotatable bonds is 4. The van der Waals surface area contributed by atoms with E-state index >= 15 is 0 Å². The van der Waals surface area contributed by atoms with Gasteiger partial charge in [-0.25, -0.2) is 4.39 Å². The molecule has 0 aromatic heterocycles. The van der Waals surface area contributed by atoms with E-state index in [9.17, 15) is 4.39 Å². The summed E-state index contributed by atoms with van der Waals surface area (Å²) < 4.78 is 19.4. The summed E-state index contributed by atoms with van der Waals surface area (Å²) >= 11 is 0. The summed E-state index contributed by atoms with van der Waals surface area (Å²) in [5.41, 5.74) is 1.47. The van der Waals surface area contributed by atoms with E-state index in [1.807, 2.05) is 0 Å². The molecular weight excluding hydrogens is 271 g/mol. The molecule has 0 aliphatic carbocycles. The number of benzene rings is 2. The lowest BCUT2D eigenvalue weighted by molar-refractivity contribution is 0.299. The van der Waals surface area contributed by atoms with Crippen LogP contribution in [-0.4, -0.2) is 10.9 Å². The lowest BCUT2D eigenvalue weighted by atomic mass is 10.1. The minimum Gasteiger partial charge on any atom is -0.489 e. The molecule has 0 radical (unpaired) electrons. The minimum absolute atomic E-state index is 0.00638. The number of hydrogen-bond acceptors (Lipinski definition) is 4.